The van der Waals surface area contributed by atoms with Crippen LogP contribution in [0.2, 0.25) is 0 Å². The summed E-state index contributed by atoms with van der Waals surface area (Å²) in [5.41, 5.74) is 5.76. The molecule has 1 aromatic heterocycles. The lowest BCUT2D eigenvalue weighted by molar-refractivity contribution is 0.242. The van der Waals surface area contributed by atoms with Crippen molar-refractivity contribution in [3.63, 3.8) is 0 Å². The highest BCUT2D eigenvalue weighted by Gasteiger charge is 2.22. The second kappa shape index (κ2) is 17.0. The molecule has 0 spiro atoms. The number of nitriles is 1. The second-order valence-electron chi connectivity index (χ2n) is 10.1. The minimum absolute atomic E-state index is 0.0389. The predicted molar refractivity (Wildman–Crippen MR) is 165 cm³/mol. The first-order chi connectivity index (χ1) is 18.5. The Labute approximate surface area is 236 Å². The van der Waals surface area contributed by atoms with Crippen LogP contribution in [0.5, 0.6) is 5.75 Å². The molecule has 0 aliphatic heterocycles. The lowest BCUT2D eigenvalue weighted by atomic mass is 9.99. The Bertz CT molecular complexity index is 1140. The van der Waals surface area contributed by atoms with Gasteiger partial charge in [0.25, 0.3) is 0 Å². The number of thiazole rings is 1. The van der Waals surface area contributed by atoms with Crippen LogP contribution in [0.1, 0.15) is 122 Å². The number of nitrogens with zero attached hydrogens (tertiary/aromatic N) is 2. The zero-order valence-electron chi connectivity index (χ0n) is 24.8. The zero-order chi connectivity index (χ0) is 27.9. The number of hydrogen-bond donors (Lipinski definition) is 0. The van der Waals surface area contributed by atoms with Gasteiger partial charge in [-0.05, 0) is 67.5 Å². The molecule has 4 heteroatoms. The van der Waals surface area contributed by atoms with Crippen molar-refractivity contribution in [3.8, 4) is 32.8 Å². The fourth-order valence-electron chi connectivity index (χ4n) is 4.76. The van der Waals surface area contributed by atoms with Crippen molar-refractivity contribution in [2.75, 3.05) is 0 Å². The van der Waals surface area contributed by atoms with Crippen LogP contribution in [0.3, 0.4) is 0 Å². The van der Waals surface area contributed by atoms with E-state index >= 15 is 0 Å². The average Bonchev–Trinajstić information content (AvgIpc) is 3.58. The second-order valence-corrected chi connectivity index (χ2v) is 11.1. The first-order valence-corrected chi connectivity index (χ1v) is 15.6. The van der Waals surface area contributed by atoms with E-state index in [1.165, 1.54) is 72.9 Å². The van der Waals surface area contributed by atoms with Crippen LogP contribution in [0, 0.1) is 11.3 Å². The highest BCUT2D eigenvalue weighted by molar-refractivity contribution is 7.18. The van der Waals surface area contributed by atoms with Crippen molar-refractivity contribution in [2.24, 2.45) is 0 Å². The van der Waals surface area contributed by atoms with Crippen LogP contribution in [0.15, 0.2) is 42.6 Å². The van der Waals surface area contributed by atoms with E-state index < -0.39 is 0 Å². The van der Waals surface area contributed by atoms with Gasteiger partial charge in [-0.3, -0.25) is 0 Å². The van der Waals surface area contributed by atoms with Crippen molar-refractivity contribution in [1.29, 1.82) is 5.26 Å². The molecule has 2 aromatic carbocycles. The van der Waals surface area contributed by atoms with Crippen molar-refractivity contribution in [3.05, 3.63) is 59.3 Å². The van der Waals surface area contributed by atoms with Gasteiger partial charge in [0.15, 0.2) is 0 Å². The van der Waals surface area contributed by atoms with Gasteiger partial charge >= 0.3 is 0 Å². The van der Waals surface area contributed by atoms with E-state index in [1.54, 1.807) is 11.3 Å². The van der Waals surface area contributed by atoms with Gasteiger partial charge in [0, 0.05) is 11.8 Å². The Morgan fingerprint density at radius 3 is 2.34 bits per heavy atom. The predicted octanol–water partition coefficient (Wildman–Crippen LogP) is 11.0. The SMILES string of the molecule is CC.CC(C)Oc1ccc(-c2ncc(-c3cccc4c3CCC4C)s2)cc1C#N.CCCCCCCCC. The normalized spacial score (nSPS) is 13.6. The van der Waals surface area contributed by atoms with Crippen molar-refractivity contribution >= 4 is 11.3 Å². The largest absolute Gasteiger partial charge is 0.490 e. The summed E-state index contributed by atoms with van der Waals surface area (Å²) in [5.74, 6) is 1.27. The van der Waals surface area contributed by atoms with Crippen LogP contribution in [-0.4, -0.2) is 11.1 Å². The van der Waals surface area contributed by atoms with E-state index in [1.807, 2.05) is 52.1 Å². The summed E-state index contributed by atoms with van der Waals surface area (Å²) in [6, 6.07) is 14.6. The van der Waals surface area contributed by atoms with Gasteiger partial charge in [-0.25, -0.2) is 4.98 Å². The molecular formula is C34H48N2OS. The Morgan fingerprint density at radius 1 is 1.03 bits per heavy atom. The smallest absolute Gasteiger partial charge is 0.137 e. The third-order valence-electron chi connectivity index (χ3n) is 6.76. The van der Waals surface area contributed by atoms with Crippen LogP contribution in [0.4, 0.5) is 0 Å². The van der Waals surface area contributed by atoms with E-state index in [9.17, 15) is 5.26 Å². The van der Waals surface area contributed by atoms with Crippen LogP contribution in [0.25, 0.3) is 21.0 Å². The molecule has 0 amide bonds. The molecule has 1 atom stereocenters. The summed E-state index contributed by atoms with van der Waals surface area (Å²) in [4.78, 5) is 5.83. The molecule has 1 unspecified atom stereocenters. The van der Waals surface area contributed by atoms with Gasteiger partial charge < -0.3 is 4.74 Å². The Hall–Kier alpha value is -2.64. The van der Waals surface area contributed by atoms with Crippen LogP contribution in [-0.2, 0) is 6.42 Å². The number of ether oxygens (including phenoxy) is 1. The maximum Gasteiger partial charge on any atom is 0.137 e. The fourth-order valence-corrected chi connectivity index (χ4v) is 5.73. The lowest BCUT2D eigenvalue weighted by Crippen LogP contribution is -2.06. The topological polar surface area (TPSA) is 45.9 Å². The highest BCUT2D eigenvalue weighted by Crippen LogP contribution is 2.41. The van der Waals surface area contributed by atoms with E-state index in [4.69, 9.17) is 4.74 Å². The number of fused-ring (bicyclic) bond motifs is 1. The quantitative estimate of drug-likeness (QED) is 0.244. The third kappa shape index (κ3) is 8.98. The Morgan fingerprint density at radius 2 is 1.71 bits per heavy atom. The van der Waals surface area contributed by atoms with E-state index in [-0.39, 0.29) is 6.10 Å². The number of aromatic nitrogens is 1. The molecule has 0 saturated heterocycles. The van der Waals surface area contributed by atoms with Gasteiger partial charge in [0.1, 0.15) is 16.8 Å². The molecule has 38 heavy (non-hydrogen) atoms. The number of unbranched alkanes of at least 4 members (excludes halogenated alkanes) is 6. The summed E-state index contributed by atoms with van der Waals surface area (Å²) in [7, 11) is 0. The summed E-state index contributed by atoms with van der Waals surface area (Å²) < 4.78 is 5.72. The monoisotopic (exact) mass is 532 g/mol. The summed E-state index contributed by atoms with van der Waals surface area (Å²) >= 11 is 1.68. The van der Waals surface area contributed by atoms with Gasteiger partial charge in [0.2, 0.25) is 0 Å². The standard InChI is InChI=1S/C23H22N2OS.C9H20.C2H6/c1-14(2)26-21-10-8-16(11-17(21)12-24)23-25-13-22(27-23)20-6-4-5-18-15(3)7-9-19(18)20;1-3-5-7-9-8-6-4-2;1-2/h4-6,8,10-11,13-15H,7,9H2,1-3H3;3-9H2,1-2H3;1-2H3. The van der Waals surface area contributed by atoms with Gasteiger partial charge in [-0.2, -0.15) is 5.26 Å². The highest BCUT2D eigenvalue weighted by atomic mass is 32.1. The molecular weight excluding hydrogens is 484 g/mol. The number of benzene rings is 2. The van der Waals surface area contributed by atoms with Crippen LogP contribution < -0.4 is 4.74 Å². The van der Waals surface area contributed by atoms with Crippen molar-refractivity contribution in [1.82, 2.24) is 4.98 Å². The van der Waals surface area contributed by atoms with Crippen LogP contribution >= 0.6 is 11.3 Å². The molecule has 1 aliphatic carbocycles. The maximum absolute atomic E-state index is 9.47. The number of rotatable bonds is 10. The fraction of sp³-hybridized carbons (Fsp3) is 0.529. The molecule has 3 aromatic rings. The van der Waals surface area contributed by atoms with Crippen molar-refractivity contribution in [2.45, 2.75) is 118 Å². The first-order valence-electron chi connectivity index (χ1n) is 14.8. The van der Waals surface area contributed by atoms with E-state index in [0.29, 0.717) is 17.2 Å². The van der Waals surface area contributed by atoms with E-state index in [2.05, 4.69) is 50.0 Å². The molecule has 206 valence electrons. The molecule has 0 bridgehead atoms. The Kier molecular flexibility index (Phi) is 14.2. The summed E-state index contributed by atoms with van der Waals surface area (Å²) in [5, 5.41) is 10.4. The van der Waals surface area contributed by atoms with Crippen molar-refractivity contribution < 1.29 is 4.74 Å². The molecule has 3 nitrogen and oxygen atoms in total. The average molecular weight is 533 g/mol. The first kappa shape index (κ1) is 31.6. The molecule has 4 rings (SSSR count). The lowest BCUT2D eigenvalue weighted by Gasteiger charge is -2.11. The van der Waals surface area contributed by atoms with Gasteiger partial charge in [-0.15, -0.1) is 11.3 Å². The zero-order valence-corrected chi connectivity index (χ0v) is 25.6. The Balaban J connectivity index is 0.000000394. The minimum Gasteiger partial charge on any atom is -0.490 e. The summed E-state index contributed by atoms with van der Waals surface area (Å²) in [6.07, 6.45) is 14.3. The maximum atomic E-state index is 9.47. The molecule has 1 aliphatic rings. The minimum atomic E-state index is 0.0389. The molecule has 0 N–H and O–H groups in total. The molecule has 0 saturated carbocycles. The molecule has 0 radical (unpaired) electrons. The summed E-state index contributed by atoms with van der Waals surface area (Å²) in [6.45, 7) is 14.8. The molecule has 0 fully saturated rings. The van der Waals surface area contributed by atoms with E-state index in [0.717, 1.165) is 17.0 Å². The molecule has 1 heterocycles. The van der Waals surface area contributed by atoms with Gasteiger partial charge in [-0.1, -0.05) is 97.8 Å². The number of hydrogen-bond acceptors (Lipinski definition) is 4. The third-order valence-corrected chi connectivity index (χ3v) is 7.84. The van der Waals surface area contributed by atoms with Gasteiger partial charge in [0.05, 0.1) is 16.5 Å².